The molecule has 1 aliphatic heterocycles. The van der Waals surface area contributed by atoms with Crippen molar-refractivity contribution >= 4 is 45.0 Å². The van der Waals surface area contributed by atoms with Crippen molar-refractivity contribution in [2.75, 3.05) is 19.1 Å². The Kier molecular flexibility index (Phi) is 5.22. The van der Waals surface area contributed by atoms with E-state index in [1.165, 1.54) is 12.0 Å². The van der Waals surface area contributed by atoms with Gasteiger partial charge in [0.2, 0.25) is 0 Å². The molecule has 1 fully saturated rings. The fraction of sp³-hybridized carbons (Fsp3) is 0.438. The van der Waals surface area contributed by atoms with Crippen LogP contribution in [-0.4, -0.2) is 45.9 Å². The molecule has 1 saturated heterocycles. The molecule has 0 saturated carbocycles. The molecule has 1 aliphatic rings. The third-order valence-corrected chi connectivity index (χ3v) is 4.59. The number of ether oxygens (including phenoxy) is 2. The summed E-state index contributed by atoms with van der Waals surface area (Å²) in [6.07, 6.45) is 0. The normalized spacial score (nSPS) is 22.8. The molecule has 2 rings (SSSR count). The second-order valence-corrected chi connectivity index (χ2v) is 7.78. The Balaban J connectivity index is 2.57. The zero-order valence-corrected chi connectivity index (χ0v) is 15.8. The van der Waals surface area contributed by atoms with E-state index >= 15 is 0 Å². The summed E-state index contributed by atoms with van der Waals surface area (Å²) in [6.45, 7) is 5.62. The number of carbonyl (C=O) groups excluding carboxylic acids is 1. The molecule has 130 valence electrons. The molecule has 0 aliphatic carbocycles. The number of aliphatic imine (C=N–C) groups is 1. The van der Waals surface area contributed by atoms with Gasteiger partial charge in [0, 0.05) is 5.69 Å². The van der Waals surface area contributed by atoms with Crippen molar-refractivity contribution in [2.24, 2.45) is 4.99 Å². The Hall–Kier alpha value is -1.64. The molecule has 0 amide bonds. The Morgan fingerprint density at radius 2 is 1.88 bits per heavy atom. The van der Waals surface area contributed by atoms with Gasteiger partial charge in [-0.15, -0.1) is 0 Å². The first kappa shape index (κ1) is 18.7. The van der Waals surface area contributed by atoms with Crippen LogP contribution >= 0.6 is 24.0 Å². The van der Waals surface area contributed by atoms with Crippen molar-refractivity contribution < 1.29 is 19.4 Å². The Morgan fingerprint density at radius 1 is 1.29 bits per heavy atom. The first-order valence-corrected chi connectivity index (χ1v) is 8.43. The molecule has 1 atom stereocenters. The summed E-state index contributed by atoms with van der Waals surface area (Å²) in [7, 11) is 2.78. The van der Waals surface area contributed by atoms with Crippen LogP contribution in [0.3, 0.4) is 0 Å². The van der Waals surface area contributed by atoms with E-state index in [1.54, 1.807) is 31.4 Å². The number of hydrogen-bond acceptors (Lipinski definition) is 7. The summed E-state index contributed by atoms with van der Waals surface area (Å²) in [6, 6.07) is 6.86. The zero-order valence-electron chi connectivity index (χ0n) is 14.2. The predicted molar refractivity (Wildman–Crippen MR) is 99.8 cm³/mol. The minimum Gasteiger partial charge on any atom is -0.497 e. The second kappa shape index (κ2) is 6.70. The number of thioether (sulfide) groups is 1. The number of esters is 1. The van der Waals surface area contributed by atoms with Crippen LogP contribution in [0.4, 0.5) is 5.69 Å². The maximum atomic E-state index is 12.4. The van der Waals surface area contributed by atoms with Gasteiger partial charge in [0.1, 0.15) is 15.1 Å². The van der Waals surface area contributed by atoms with Gasteiger partial charge in [0.05, 0.1) is 19.8 Å². The van der Waals surface area contributed by atoms with Gasteiger partial charge in [-0.05, 0) is 56.8 Å². The Labute approximate surface area is 150 Å². The molecule has 0 bridgehead atoms. The largest absolute Gasteiger partial charge is 0.497 e. The molecule has 0 aromatic heterocycles. The van der Waals surface area contributed by atoms with Crippen LogP contribution in [-0.2, 0) is 9.53 Å². The lowest BCUT2D eigenvalue weighted by Gasteiger charge is -2.31. The van der Waals surface area contributed by atoms with Crippen LogP contribution in [0, 0.1) is 0 Å². The number of thiocarbonyl (C=S) groups is 1. The van der Waals surface area contributed by atoms with Gasteiger partial charge in [0.25, 0.3) is 5.72 Å². The number of carbonyl (C=O) groups is 1. The molecule has 6 nitrogen and oxygen atoms in total. The number of anilines is 1. The molecular formula is C16H20N2O4S2. The number of rotatable bonds is 3. The van der Waals surface area contributed by atoms with E-state index in [0.717, 1.165) is 11.8 Å². The van der Waals surface area contributed by atoms with E-state index in [1.807, 2.05) is 20.8 Å². The Bertz CT molecular complexity index is 682. The van der Waals surface area contributed by atoms with Crippen molar-refractivity contribution in [3.05, 3.63) is 24.3 Å². The van der Waals surface area contributed by atoms with Crippen molar-refractivity contribution in [1.82, 2.24) is 0 Å². The third kappa shape index (κ3) is 3.40. The third-order valence-electron chi connectivity index (χ3n) is 3.23. The SMILES string of the molecule is COC(=O)C1(O)C(=NC(C)(C)C)SC(=S)N1c1ccc(OC)cc1. The molecule has 0 radical (unpaired) electrons. The topological polar surface area (TPSA) is 71.4 Å². The molecule has 24 heavy (non-hydrogen) atoms. The van der Waals surface area contributed by atoms with Crippen LogP contribution in [0.5, 0.6) is 5.75 Å². The summed E-state index contributed by atoms with van der Waals surface area (Å²) in [5, 5.41) is 11.4. The van der Waals surface area contributed by atoms with Crippen LogP contribution in [0.25, 0.3) is 0 Å². The van der Waals surface area contributed by atoms with E-state index in [4.69, 9.17) is 21.7 Å². The van der Waals surface area contributed by atoms with Gasteiger partial charge < -0.3 is 14.6 Å². The molecule has 1 aromatic rings. The maximum Gasteiger partial charge on any atom is 0.367 e. The summed E-state index contributed by atoms with van der Waals surface area (Å²) in [5.41, 5.74) is -2.03. The highest BCUT2D eigenvalue weighted by Crippen LogP contribution is 2.40. The van der Waals surface area contributed by atoms with Crippen LogP contribution in [0.2, 0.25) is 0 Å². The van der Waals surface area contributed by atoms with Crippen molar-refractivity contribution in [3.63, 3.8) is 0 Å². The first-order chi connectivity index (χ1) is 11.1. The summed E-state index contributed by atoms with van der Waals surface area (Å²) < 4.78 is 10.3. The summed E-state index contributed by atoms with van der Waals surface area (Å²) >= 11 is 6.46. The fourth-order valence-corrected chi connectivity index (χ4v) is 3.78. The number of aliphatic hydroxyl groups is 1. The molecule has 8 heteroatoms. The lowest BCUT2D eigenvalue weighted by Crippen LogP contribution is -2.57. The second-order valence-electron chi connectivity index (χ2n) is 6.15. The molecule has 1 aromatic carbocycles. The molecule has 0 spiro atoms. The summed E-state index contributed by atoms with van der Waals surface area (Å²) in [5.74, 6) is -0.185. The molecule has 1 N–H and O–H groups in total. The molecular weight excluding hydrogens is 348 g/mol. The van der Waals surface area contributed by atoms with Gasteiger partial charge in [-0.1, -0.05) is 12.2 Å². The number of hydrogen-bond donors (Lipinski definition) is 1. The van der Waals surface area contributed by atoms with Crippen molar-refractivity contribution in [3.8, 4) is 5.75 Å². The average molecular weight is 368 g/mol. The van der Waals surface area contributed by atoms with Crippen LogP contribution in [0.1, 0.15) is 20.8 Å². The molecule has 1 heterocycles. The number of benzene rings is 1. The quantitative estimate of drug-likeness (QED) is 0.649. The van der Waals surface area contributed by atoms with Gasteiger partial charge in [-0.2, -0.15) is 0 Å². The Morgan fingerprint density at radius 3 is 2.33 bits per heavy atom. The lowest BCUT2D eigenvalue weighted by atomic mass is 10.1. The molecule has 1 unspecified atom stereocenters. The van der Waals surface area contributed by atoms with E-state index in [-0.39, 0.29) is 5.04 Å². The van der Waals surface area contributed by atoms with Gasteiger partial charge >= 0.3 is 5.97 Å². The van der Waals surface area contributed by atoms with E-state index in [2.05, 4.69) is 4.99 Å². The first-order valence-electron chi connectivity index (χ1n) is 7.20. The van der Waals surface area contributed by atoms with Crippen molar-refractivity contribution in [2.45, 2.75) is 32.0 Å². The van der Waals surface area contributed by atoms with Crippen LogP contribution < -0.4 is 9.64 Å². The highest BCUT2D eigenvalue weighted by atomic mass is 32.2. The summed E-state index contributed by atoms with van der Waals surface area (Å²) in [4.78, 5) is 18.2. The minimum atomic E-state index is -2.08. The monoisotopic (exact) mass is 368 g/mol. The average Bonchev–Trinajstić information content (AvgIpc) is 2.76. The van der Waals surface area contributed by atoms with Crippen molar-refractivity contribution in [1.29, 1.82) is 0 Å². The highest BCUT2D eigenvalue weighted by molar-refractivity contribution is 8.34. The van der Waals surface area contributed by atoms with E-state index < -0.39 is 17.2 Å². The number of nitrogens with zero attached hydrogens (tertiary/aromatic N) is 2. The smallest absolute Gasteiger partial charge is 0.367 e. The maximum absolute atomic E-state index is 12.4. The van der Waals surface area contributed by atoms with Gasteiger partial charge in [-0.25, -0.2) is 4.79 Å². The van der Waals surface area contributed by atoms with E-state index in [0.29, 0.717) is 15.8 Å². The minimum absolute atomic E-state index is 0.197. The number of methoxy groups -OCH3 is 2. The van der Waals surface area contributed by atoms with Gasteiger partial charge in [0.15, 0.2) is 0 Å². The predicted octanol–water partition coefficient (Wildman–Crippen LogP) is 2.59. The lowest BCUT2D eigenvalue weighted by molar-refractivity contribution is -0.154. The van der Waals surface area contributed by atoms with E-state index in [9.17, 15) is 9.90 Å². The zero-order chi connectivity index (χ0) is 18.1. The van der Waals surface area contributed by atoms with Gasteiger partial charge in [-0.3, -0.25) is 9.89 Å². The highest BCUT2D eigenvalue weighted by Gasteiger charge is 2.57. The standard InChI is InChI=1S/C16H20N2O4S2/c1-15(2,3)17-12-16(20,13(19)22-5)18(14(23)24-12)10-6-8-11(21-4)9-7-10/h6-9,20H,1-5H3. The van der Waals surface area contributed by atoms with Crippen LogP contribution in [0.15, 0.2) is 29.3 Å². The fourth-order valence-electron chi connectivity index (χ4n) is 2.18.